The van der Waals surface area contributed by atoms with Gasteiger partial charge in [0, 0.05) is 20.0 Å². The van der Waals surface area contributed by atoms with Crippen LogP contribution in [0.3, 0.4) is 0 Å². The molecule has 0 bridgehead atoms. The van der Waals surface area contributed by atoms with Gasteiger partial charge in [-0.3, -0.25) is 10.00 Å². The molecule has 2 amide bonds. The number of carbonyl (C=O) groups excluding carboxylic acids is 2. The lowest BCUT2D eigenvalue weighted by atomic mass is 10.2. The molecule has 0 atom stereocenters. The van der Waals surface area contributed by atoms with E-state index < -0.39 is 23.4 Å². The van der Waals surface area contributed by atoms with Crippen molar-refractivity contribution in [3.63, 3.8) is 0 Å². The Morgan fingerprint density at radius 1 is 1.08 bits per heavy atom. The number of ether oxygens (including phenoxy) is 2. The molecule has 1 aromatic rings. The maximum absolute atomic E-state index is 11.9. The quantitative estimate of drug-likeness (QED) is 0.879. The van der Waals surface area contributed by atoms with Crippen LogP contribution < -0.4 is 10.6 Å². The Hall–Kier alpha value is -2.25. The Balaban J connectivity index is 2.59. The molecular weight excluding hydrogens is 312 g/mol. The Kier molecular flexibility index (Phi) is 6.22. The van der Waals surface area contributed by atoms with Crippen LogP contribution in [0.1, 0.15) is 47.2 Å². The number of nitrogens with zero attached hydrogens (tertiary/aromatic N) is 2. The van der Waals surface area contributed by atoms with Gasteiger partial charge in [0.2, 0.25) is 0 Å². The van der Waals surface area contributed by atoms with Crippen molar-refractivity contribution >= 4 is 17.9 Å². The van der Waals surface area contributed by atoms with Crippen molar-refractivity contribution in [3.8, 4) is 0 Å². The number of hydrogen-bond acceptors (Lipinski definition) is 5. The first-order chi connectivity index (χ1) is 10.9. The summed E-state index contributed by atoms with van der Waals surface area (Å²) in [6.07, 6.45) is 1.01. The minimum Gasteiger partial charge on any atom is -0.444 e. The van der Waals surface area contributed by atoms with E-state index in [1.54, 1.807) is 59.5 Å². The summed E-state index contributed by atoms with van der Waals surface area (Å²) < 4.78 is 12.0. The van der Waals surface area contributed by atoms with Crippen molar-refractivity contribution in [2.75, 3.05) is 11.9 Å². The molecule has 0 fully saturated rings. The summed E-state index contributed by atoms with van der Waals surface area (Å²) in [4.78, 5) is 23.5. The molecule has 0 unspecified atom stereocenters. The molecular formula is C16H28N4O4. The summed E-state index contributed by atoms with van der Waals surface area (Å²) >= 11 is 0. The van der Waals surface area contributed by atoms with Crippen molar-refractivity contribution in [2.24, 2.45) is 7.05 Å². The standard InChI is InChI=1S/C16H28N4O4/c1-15(2,3)23-13(21)17-9-8-12-11(10-18-20(12)7)19-14(22)24-16(4,5)6/h10H,8-9H2,1-7H3,(H,17,21)(H,19,22). The zero-order valence-electron chi connectivity index (χ0n) is 15.5. The van der Waals surface area contributed by atoms with Gasteiger partial charge in [-0.2, -0.15) is 5.10 Å². The van der Waals surface area contributed by atoms with Crippen LogP contribution in [0.4, 0.5) is 15.3 Å². The smallest absolute Gasteiger partial charge is 0.412 e. The second-order valence-corrected chi connectivity index (χ2v) is 7.43. The first kappa shape index (κ1) is 19.8. The molecule has 0 aliphatic rings. The molecule has 24 heavy (non-hydrogen) atoms. The topological polar surface area (TPSA) is 94.5 Å². The van der Waals surface area contributed by atoms with Crippen LogP contribution in [-0.2, 0) is 22.9 Å². The second kappa shape index (κ2) is 7.55. The normalized spacial score (nSPS) is 11.8. The van der Waals surface area contributed by atoms with Gasteiger partial charge < -0.3 is 14.8 Å². The molecule has 8 nitrogen and oxygen atoms in total. The SMILES string of the molecule is Cn1ncc(NC(=O)OC(C)(C)C)c1CCNC(=O)OC(C)(C)C. The van der Waals surface area contributed by atoms with E-state index in [0.717, 1.165) is 5.69 Å². The average molecular weight is 340 g/mol. The van der Waals surface area contributed by atoms with Crippen LogP contribution in [0.25, 0.3) is 0 Å². The molecule has 0 aliphatic carbocycles. The maximum atomic E-state index is 11.9. The van der Waals surface area contributed by atoms with E-state index in [9.17, 15) is 9.59 Å². The van der Waals surface area contributed by atoms with Gasteiger partial charge in [-0.05, 0) is 41.5 Å². The third-order valence-corrected chi connectivity index (χ3v) is 2.73. The monoisotopic (exact) mass is 340 g/mol. The number of carbonyl (C=O) groups is 2. The van der Waals surface area contributed by atoms with E-state index in [0.29, 0.717) is 18.7 Å². The zero-order chi connectivity index (χ0) is 18.5. The van der Waals surface area contributed by atoms with Gasteiger partial charge in [0.05, 0.1) is 17.6 Å². The van der Waals surface area contributed by atoms with Crippen molar-refractivity contribution in [1.82, 2.24) is 15.1 Å². The summed E-state index contributed by atoms with van der Waals surface area (Å²) in [6.45, 7) is 11.1. The summed E-state index contributed by atoms with van der Waals surface area (Å²) in [5.41, 5.74) is 0.208. The van der Waals surface area contributed by atoms with Crippen LogP contribution in [0, 0.1) is 0 Å². The van der Waals surface area contributed by atoms with E-state index in [4.69, 9.17) is 9.47 Å². The molecule has 2 N–H and O–H groups in total. The molecule has 0 aromatic carbocycles. The molecule has 0 radical (unpaired) electrons. The highest BCUT2D eigenvalue weighted by molar-refractivity contribution is 5.85. The Morgan fingerprint density at radius 3 is 2.17 bits per heavy atom. The van der Waals surface area contributed by atoms with Gasteiger partial charge >= 0.3 is 12.2 Å². The van der Waals surface area contributed by atoms with Crippen molar-refractivity contribution in [3.05, 3.63) is 11.9 Å². The number of aromatic nitrogens is 2. The third-order valence-electron chi connectivity index (χ3n) is 2.73. The van der Waals surface area contributed by atoms with E-state index in [1.165, 1.54) is 0 Å². The zero-order valence-corrected chi connectivity index (χ0v) is 15.5. The van der Waals surface area contributed by atoms with Gasteiger partial charge in [0.25, 0.3) is 0 Å². The molecule has 1 heterocycles. The van der Waals surface area contributed by atoms with Crippen LogP contribution in [-0.4, -0.2) is 39.7 Å². The lowest BCUT2D eigenvalue weighted by Gasteiger charge is -2.20. The predicted molar refractivity (Wildman–Crippen MR) is 91.0 cm³/mol. The molecule has 0 aliphatic heterocycles. The number of nitrogens with one attached hydrogen (secondary N) is 2. The minimum absolute atomic E-state index is 0.359. The Labute approximate surface area is 142 Å². The fourth-order valence-corrected chi connectivity index (χ4v) is 1.87. The molecule has 0 saturated heterocycles. The lowest BCUT2D eigenvalue weighted by molar-refractivity contribution is 0.0526. The first-order valence-electron chi connectivity index (χ1n) is 7.85. The Bertz CT molecular complexity index is 582. The first-order valence-corrected chi connectivity index (χ1v) is 7.85. The summed E-state index contributed by atoms with van der Waals surface area (Å²) in [5, 5.41) is 9.48. The summed E-state index contributed by atoms with van der Waals surface area (Å²) in [6, 6.07) is 0. The van der Waals surface area contributed by atoms with E-state index in [1.807, 2.05) is 0 Å². The molecule has 1 aromatic heterocycles. The van der Waals surface area contributed by atoms with Crippen LogP contribution in [0.15, 0.2) is 6.20 Å². The predicted octanol–water partition coefficient (Wildman–Crippen LogP) is 2.83. The van der Waals surface area contributed by atoms with E-state index in [2.05, 4.69) is 15.7 Å². The highest BCUT2D eigenvalue weighted by atomic mass is 16.6. The van der Waals surface area contributed by atoms with Crippen molar-refractivity contribution in [1.29, 1.82) is 0 Å². The fourth-order valence-electron chi connectivity index (χ4n) is 1.87. The molecule has 136 valence electrons. The number of alkyl carbamates (subject to hydrolysis) is 1. The van der Waals surface area contributed by atoms with Crippen molar-refractivity contribution in [2.45, 2.75) is 59.2 Å². The average Bonchev–Trinajstić information content (AvgIpc) is 2.66. The van der Waals surface area contributed by atoms with E-state index >= 15 is 0 Å². The van der Waals surface area contributed by atoms with Crippen LogP contribution in [0.5, 0.6) is 0 Å². The van der Waals surface area contributed by atoms with Crippen molar-refractivity contribution < 1.29 is 19.1 Å². The minimum atomic E-state index is -0.579. The molecule has 1 rings (SSSR count). The van der Waals surface area contributed by atoms with E-state index in [-0.39, 0.29) is 0 Å². The molecule has 0 saturated carbocycles. The highest BCUT2D eigenvalue weighted by Crippen LogP contribution is 2.16. The number of amides is 2. The largest absolute Gasteiger partial charge is 0.444 e. The number of hydrogen-bond donors (Lipinski definition) is 2. The third kappa shape index (κ3) is 7.34. The summed E-state index contributed by atoms with van der Waals surface area (Å²) in [5.74, 6) is 0. The molecule has 0 spiro atoms. The van der Waals surface area contributed by atoms with Gasteiger partial charge in [-0.1, -0.05) is 0 Å². The second-order valence-electron chi connectivity index (χ2n) is 7.43. The maximum Gasteiger partial charge on any atom is 0.412 e. The van der Waals surface area contributed by atoms with Crippen LogP contribution >= 0.6 is 0 Å². The molecule has 8 heteroatoms. The summed E-state index contributed by atoms with van der Waals surface area (Å²) in [7, 11) is 1.77. The number of anilines is 1. The fraction of sp³-hybridized carbons (Fsp3) is 0.688. The Morgan fingerprint density at radius 2 is 1.62 bits per heavy atom. The van der Waals surface area contributed by atoms with Crippen LogP contribution in [0.2, 0.25) is 0 Å². The lowest BCUT2D eigenvalue weighted by Crippen LogP contribution is -2.34. The number of aryl methyl sites for hydroxylation is 1. The van der Waals surface area contributed by atoms with Gasteiger partial charge in [0.15, 0.2) is 0 Å². The highest BCUT2D eigenvalue weighted by Gasteiger charge is 2.19. The van der Waals surface area contributed by atoms with Gasteiger partial charge in [0.1, 0.15) is 11.2 Å². The van der Waals surface area contributed by atoms with Gasteiger partial charge in [-0.15, -0.1) is 0 Å². The number of rotatable bonds is 4. The van der Waals surface area contributed by atoms with Gasteiger partial charge in [-0.25, -0.2) is 9.59 Å².